The maximum atomic E-state index is 12.5. The molecule has 0 aromatic heterocycles. The lowest BCUT2D eigenvalue weighted by molar-refractivity contribution is -0.377. The van der Waals surface area contributed by atoms with E-state index in [0.29, 0.717) is 12.8 Å². The highest BCUT2D eigenvalue weighted by Crippen LogP contribution is 2.47. The molecule has 1 aliphatic carbocycles. The van der Waals surface area contributed by atoms with Crippen LogP contribution in [0.4, 0.5) is 13.2 Å². The van der Waals surface area contributed by atoms with Crippen LogP contribution in [0.3, 0.4) is 0 Å². The molecule has 0 aromatic rings. The minimum absolute atomic E-state index is 0.318. The molecule has 98 valence electrons. The quantitative estimate of drug-likeness (QED) is 0.718. The Kier molecular flexibility index (Phi) is 2.98. The van der Waals surface area contributed by atoms with E-state index >= 15 is 0 Å². The lowest BCUT2D eigenvalue weighted by atomic mass is 9.69. The van der Waals surface area contributed by atoms with Crippen molar-refractivity contribution < 1.29 is 27.8 Å². The Hall–Kier alpha value is -0.620. The molecular formula is C11H15F3O3. The van der Waals surface area contributed by atoms with Crippen molar-refractivity contribution in [3.8, 4) is 0 Å². The monoisotopic (exact) mass is 252 g/mol. The third-order valence-corrected chi connectivity index (χ3v) is 3.83. The van der Waals surface area contributed by atoms with Gasteiger partial charge >= 0.3 is 6.18 Å². The number of rotatable bonds is 0. The van der Waals surface area contributed by atoms with Crippen LogP contribution in [0.5, 0.6) is 0 Å². The fraction of sp³-hybridized carbons (Fsp3) is 0.909. The summed E-state index contributed by atoms with van der Waals surface area (Å²) in [5.74, 6) is -3.80. The highest BCUT2D eigenvalue weighted by atomic mass is 19.4. The van der Waals surface area contributed by atoms with E-state index in [9.17, 15) is 23.1 Å². The van der Waals surface area contributed by atoms with Crippen LogP contribution in [-0.2, 0) is 9.53 Å². The van der Waals surface area contributed by atoms with Crippen LogP contribution in [0.25, 0.3) is 0 Å². The van der Waals surface area contributed by atoms with Crippen molar-refractivity contribution in [3.05, 3.63) is 0 Å². The van der Waals surface area contributed by atoms with Crippen LogP contribution < -0.4 is 0 Å². The van der Waals surface area contributed by atoms with Crippen LogP contribution in [0, 0.1) is 5.41 Å². The average molecular weight is 252 g/mol. The molecule has 2 aliphatic rings. The normalized spacial score (nSPS) is 34.0. The summed E-state index contributed by atoms with van der Waals surface area (Å²) in [6.07, 6.45) is -2.09. The maximum Gasteiger partial charge on any atom is 0.443 e. The van der Waals surface area contributed by atoms with E-state index in [1.165, 1.54) is 0 Å². The van der Waals surface area contributed by atoms with Crippen LogP contribution >= 0.6 is 0 Å². The highest BCUT2D eigenvalue weighted by molar-refractivity contribution is 5.86. The van der Waals surface area contributed by atoms with Gasteiger partial charge in [-0.3, -0.25) is 4.79 Å². The molecule has 1 spiro atoms. The number of hydrogen-bond donors (Lipinski definition) is 1. The Morgan fingerprint density at radius 2 is 1.76 bits per heavy atom. The van der Waals surface area contributed by atoms with Crippen molar-refractivity contribution in [1.82, 2.24) is 0 Å². The minimum atomic E-state index is -4.92. The largest absolute Gasteiger partial charge is 0.443 e. The molecule has 2 rings (SSSR count). The van der Waals surface area contributed by atoms with Gasteiger partial charge < -0.3 is 9.84 Å². The second-order valence-electron chi connectivity index (χ2n) is 5.01. The second kappa shape index (κ2) is 3.95. The zero-order chi connectivity index (χ0) is 12.7. The average Bonchev–Trinajstić information content (AvgIpc) is 2.25. The Bertz CT molecular complexity index is 320. The number of ether oxygens (including phenoxy) is 1. The van der Waals surface area contributed by atoms with Crippen LogP contribution in [0.2, 0.25) is 0 Å². The Morgan fingerprint density at radius 3 is 2.24 bits per heavy atom. The topological polar surface area (TPSA) is 46.5 Å². The first-order chi connectivity index (χ1) is 7.79. The molecule has 1 N–H and O–H groups in total. The number of Topliss-reactive ketones (excluding diaryl/α,β-unsaturated/α-hetero) is 1. The van der Waals surface area contributed by atoms with Gasteiger partial charge in [-0.05, 0) is 12.8 Å². The summed E-state index contributed by atoms with van der Waals surface area (Å²) < 4.78 is 42.2. The first-order valence-electron chi connectivity index (χ1n) is 5.76. The van der Waals surface area contributed by atoms with Crippen LogP contribution in [0.15, 0.2) is 0 Å². The first kappa shape index (κ1) is 12.8. The van der Waals surface area contributed by atoms with Gasteiger partial charge in [0.1, 0.15) is 5.78 Å². The summed E-state index contributed by atoms with van der Waals surface area (Å²) in [5.41, 5.74) is -0.782. The molecule has 1 heterocycles. The number of alkyl halides is 3. The molecule has 2 fully saturated rings. The van der Waals surface area contributed by atoms with Gasteiger partial charge in [0.2, 0.25) is 0 Å². The smallest absolute Gasteiger partial charge is 0.358 e. The Labute approximate surface area is 96.9 Å². The number of carbonyl (C=O) groups is 1. The van der Waals surface area contributed by atoms with E-state index in [0.717, 1.165) is 19.3 Å². The first-order valence-corrected chi connectivity index (χ1v) is 5.76. The van der Waals surface area contributed by atoms with Gasteiger partial charge in [0.25, 0.3) is 5.79 Å². The van der Waals surface area contributed by atoms with Crippen molar-refractivity contribution in [2.75, 3.05) is 6.61 Å². The summed E-state index contributed by atoms with van der Waals surface area (Å²) in [5, 5.41) is 9.32. The molecule has 0 radical (unpaired) electrons. The molecule has 0 bridgehead atoms. The van der Waals surface area contributed by atoms with E-state index in [4.69, 9.17) is 0 Å². The number of aliphatic hydroxyl groups is 1. The fourth-order valence-electron chi connectivity index (χ4n) is 2.63. The summed E-state index contributed by atoms with van der Waals surface area (Å²) in [4.78, 5) is 11.9. The van der Waals surface area contributed by atoms with E-state index in [2.05, 4.69) is 4.74 Å². The van der Waals surface area contributed by atoms with Gasteiger partial charge in [0.05, 0.1) is 18.4 Å². The number of hydrogen-bond acceptors (Lipinski definition) is 3. The van der Waals surface area contributed by atoms with Gasteiger partial charge in [-0.15, -0.1) is 0 Å². The minimum Gasteiger partial charge on any atom is -0.358 e. The third-order valence-electron chi connectivity index (χ3n) is 3.83. The molecule has 1 saturated heterocycles. The molecule has 1 atom stereocenters. The summed E-state index contributed by atoms with van der Waals surface area (Å²) in [6.45, 7) is -0.318. The predicted molar refractivity (Wildman–Crippen MR) is 52.1 cm³/mol. The second-order valence-corrected chi connectivity index (χ2v) is 5.01. The number of carbonyl (C=O) groups excluding carboxylic acids is 1. The summed E-state index contributed by atoms with van der Waals surface area (Å²) in [7, 11) is 0. The van der Waals surface area contributed by atoms with Crippen LogP contribution in [0.1, 0.15) is 38.5 Å². The van der Waals surface area contributed by atoms with Gasteiger partial charge in [-0.1, -0.05) is 19.3 Å². The lowest BCUT2D eigenvalue weighted by Crippen LogP contribution is -2.58. The molecule has 3 nitrogen and oxygen atoms in total. The van der Waals surface area contributed by atoms with Crippen molar-refractivity contribution in [1.29, 1.82) is 0 Å². The zero-order valence-electron chi connectivity index (χ0n) is 9.35. The number of ketones is 1. The number of halogens is 3. The van der Waals surface area contributed by atoms with E-state index < -0.39 is 29.6 Å². The van der Waals surface area contributed by atoms with Crippen molar-refractivity contribution in [3.63, 3.8) is 0 Å². The SMILES string of the molecule is O=C1C[C@@](O)(C(F)(F)F)OCC12CCCCC2. The van der Waals surface area contributed by atoms with Crippen LogP contribution in [-0.4, -0.2) is 29.5 Å². The zero-order valence-corrected chi connectivity index (χ0v) is 9.35. The molecule has 17 heavy (non-hydrogen) atoms. The van der Waals surface area contributed by atoms with Gasteiger partial charge in [0, 0.05) is 0 Å². The molecule has 0 unspecified atom stereocenters. The van der Waals surface area contributed by atoms with E-state index in [1.54, 1.807) is 0 Å². The fourth-order valence-corrected chi connectivity index (χ4v) is 2.63. The molecule has 6 heteroatoms. The van der Waals surface area contributed by atoms with E-state index in [-0.39, 0.29) is 6.61 Å². The molecule has 0 amide bonds. The molecular weight excluding hydrogens is 237 g/mol. The molecule has 0 aromatic carbocycles. The Balaban J connectivity index is 2.15. The third kappa shape index (κ3) is 2.08. The molecule has 1 saturated carbocycles. The standard InChI is InChI=1S/C11H15F3O3/c12-11(13,14)10(16)6-8(15)9(7-17-10)4-2-1-3-5-9/h16H,1-7H2/t10-/m0/s1. The lowest BCUT2D eigenvalue weighted by Gasteiger charge is -2.44. The van der Waals surface area contributed by atoms with Crippen molar-refractivity contribution in [2.24, 2.45) is 5.41 Å². The van der Waals surface area contributed by atoms with Crippen molar-refractivity contribution >= 4 is 5.78 Å². The maximum absolute atomic E-state index is 12.5. The predicted octanol–water partition coefficient (Wildman–Crippen LogP) is 2.18. The Morgan fingerprint density at radius 1 is 1.18 bits per heavy atom. The van der Waals surface area contributed by atoms with Gasteiger partial charge in [-0.2, -0.15) is 13.2 Å². The summed E-state index contributed by atoms with van der Waals surface area (Å²) in [6, 6.07) is 0. The van der Waals surface area contributed by atoms with E-state index in [1.807, 2.05) is 0 Å². The summed E-state index contributed by atoms with van der Waals surface area (Å²) >= 11 is 0. The highest BCUT2D eigenvalue weighted by Gasteiger charge is 2.62. The van der Waals surface area contributed by atoms with Gasteiger partial charge in [-0.25, -0.2) is 0 Å². The molecule has 1 aliphatic heterocycles. The van der Waals surface area contributed by atoms with Crippen molar-refractivity contribution in [2.45, 2.75) is 50.5 Å². The van der Waals surface area contributed by atoms with Gasteiger partial charge in [0.15, 0.2) is 0 Å².